The highest BCUT2D eigenvalue weighted by Gasteiger charge is 2.21. The van der Waals surface area contributed by atoms with Gasteiger partial charge in [0.25, 0.3) is 5.91 Å². The molecule has 8 nitrogen and oxygen atoms in total. The van der Waals surface area contributed by atoms with E-state index in [4.69, 9.17) is 23.9 Å². The number of likely N-dealkylation sites (tertiary alicyclic amines) is 1. The molecule has 1 saturated heterocycles. The fourth-order valence-corrected chi connectivity index (χ4v) is 5.50. The second-order valence-electron chi connectivity index (χ2n) is 9.31. The molecule has 0 N–H and O–H groups in total. The van der Waals surface area contributed by atoms with Gasteiger partial charge in [0.2, 0.25) is 0 Å². The molecule has 0 radical (unpaired) electrons. The molecule has 0 aliphatic carbocycles. The number of thiazole rings is 1. The van der Waals surface area contributed by atoms with Crippen molar-refractivity contribution in [2.75, 3.05) is 48.1 Å². The zero-order valence-corrected chi connectivity index (χ0v) is 23.5. The van der Waals surface area contributed by atoms with Gasteiger partial charge in [-0.3, -0.25) is 9.69 Å². The number of piperidine rings is 1. The highest BCUT2D eigenvalue weighted by atomic mass is 32.1. The zero-order chi connectivity index (χ0) is 26.9. The van der Waals surface area contributed by atoms with Crippen LogP contribution in [0.25, 0.3) is 0 Å². The van der Waals surface area contributed by atoms with E-state index in [9.17, 15) is 4.79 Å². The SMILES string of the molecule is COc1ccc(CN(CCc2ccc(OC)c(OC)c2)Cc2nc(C(=O)N3CCCCC3)cs2)c(OC)c1. The third kappa shape index (κ3) is 6.96. The van der Waals surface area contributed by atoms with Crippen LogP contribution in [0.2, 0.25) is 0 Å². The van der Waals surface area contributed by atoms with Crippen LogP contribution in [0.15, 0.2) is 41.8 Å². The van der Waals surface area contributed by atoms with Crippen molar-refractivity contribution in [1.82, 2.24) is 14.8 Å². The quantitative estimate of drug-likeness (QED) is 0.319. The minimum atomic E-state index is 0.0425. The number of hydrogen-bond acceptors (Lipinski definition) is 8. The van der Waals surface area contributed by atoms with Gasteiger partial charge in [-0.05, 0) is 49.4 Å². The summed E-state index contributed by atoms with van der Waals surface area (Å²) < 4.78 is 21.9. The minimum absolute atomic E-state index is 0.0425. The van der Waals surface area contributed by atoms with E-state index in [1.165, 1.54) is 6.42 Å². The van der Waals surface area contributed by atoms with Crippen LogP contribution in [0.4, 0.5) is 0 Å². The fraction of sp³-hybridized carbons (Fsp3) is 0.448. The van der Waals surface area contributed by atoms with Gasteiger partial charge in [-0.25, -0.2) is 4.98 Å². The topological polar surface area (TPSA) is 73.4 Å². The lowest BCUT2D eigenvalue weighted by atomic mass is 10.1. The Balaban J connectivity index is 1.52. The maximum Gasteiger partial charge on any atom is 0.273 e. The lowest BCUT2D eigenvalue weighted by Crippen LogP contribution is -2.35. The van der Waals surface area contributed by atoms with Gasteiger partial charge in [0.1, 0.15) is 22.2 Å². The first-order valence-corrected chi connectivity index (χ1v) is 13.8. The molecule has 2 aromatic carbocycles. The van der Waals surface area contributed by atoms with E-state index < -0.39 is 0 Å². The molecule has 2 heterocycles. The van der Waals surface area contributed by atoms with Crippen LogP contribution >= 0.6 is 11.3 Å². The van der Waals surface area contributed by atoms with Gasteiger partial charge in [-0.15, -0.1) is 11.3 Å². The maximum atomic E-state index is 13.0. The average molecular weight is 540 g/mol. The monoisotopic (exact) mass is 539 g/mol. The number of amides is 1. The lowest BCUT2D eigenvalue weighted by molar-refractivity contribution is 0.0718. The first kappa shape index (κ1) is 27.7. The lowest BCUT2D eigenvalue weighted by Gasteiger charge is -2.25. The van der Waals surface area contributed by atoms with Gasteiger partial charge in [-0.1, -0.05) is 12.1 Å². The van der Waals surface area contributed by atoms with Crippen molar-refractivity contribution in [2.24, 2.45) is 0 Å². The Morgan fingerprint density at radius 1 is 0.895 bits per heavy atom. The standard InChI is InChI=1S/C29H37N3O5S/c1-34-23-10-9-22(26(17-23)36-3)18-31(15-12-21-8-11-25(35-2)27(16-21)37-4)19-28-30-24(20-38-28)29(33)32-13-6-5-7-14-32/h8-11,16-17,20H,5-7,12-15,18-19H2,1-4H3. The molecule has 204 valence electrons. The normalized spacial score (nSPS) is 13.4. The molecule has 38 heavy (non-hydrogen) atoms. The van der Waals surface area contributed by atoms with Crippen molar-refractivity contribution < 1.29 is 23.7 Å². The Morgan fingerprint density at radius 3 is 2.37 bits per heavy atom. The van der Waals surface area contributed by atoms with Crippen molar-refractivity contribution >= 4 is 17.2 Å². The van der Waals surface area contributed by atoms with Crippen molar-refractivity contribution in [3.05, 3.63) is 63.6 Å². The molecule has 0 unspecified atom stereocenters. The summed E-state index contributed by atoms with van der Waals surface area (Å²) in [5, 5.41) is 2.82. The third-order valence-electron chi connectivity index (χ3n) is 6.83. The molecule has 1 aliphatic rings. The molecular formula is C29H37N3O5S. The summed E-state index contributed by atoms with van der Waals surface area (Å²) in [4.78, 5) is 22.0. The van der Waals surface area contributed by atoms with Crippen LogP contribution in [0.3, 0.4) is 0 Å². The molecular weight excluding hydrogens is 502 g/mol. The van der Waals surface area contributed by atoms with E-state index in [0.717, 1.165) is 66.5 Å². The smallest absolute Gasteiger partial charge is 0.273 e. The number of rotatable bonds is 12. The molecule has 0 atom stereocenters. The minimum Gasteiger partial charge on any atom is -0.497 e. The van der Waals surface area contributed by atoms with Crippen LogP contribution in [-0.4, -0.2) is 68.8 Å². The largest absolute Gasteiger partial charge is 0.497 e. The van der Waals surface area contributed by atoms with Gasteiger partial charge < -0.3 is 23.8 Å². The Bertz CT molecular complexity index is 1210. The number of hydrogen-bond donors (Lipinski definition) is 0. The molecule has 0 spiro atoms. The summed E-state index contributed by atoms with van der Waals surface area (Å²) in [6, 6.07) is 11.9. The first-order chi connectivity index (χ1) is 18.5. The van der Waals surface area contributed by atoms with Crippen LogP contribution in [0.1, 0.15) is 45.9 Å². The highest BCUT2D eigenvalue weighted by Crippen LogP contribution is 2.29. The number of ether oxygens (including phenoxy) is 4. The molecule has 0 bridgehead atoms. The number of carbonyl (C=O) groups excluding carboxylic acids is 1. The van der Waals surface area contributed by atoms with Crippen LogP contribution in [0, 0.1) is 0 Å². The summed E-state index contributed by atoms with van der Waals surface area (Å²) in [7, 11) is 6.61. The molecule has 1 aromatic heterocycles. The molecule has 1 fully saturated rings. The fourth-order valence-electron chi connectivity index (χ4n) is 4.69. The number of methoxy groups -OCH3 is 4. The number of benzene rings is 2. The molecule has 0 saturated carbocycles. The van der Waals surface area contributed by atoms with Crippen molar-refractivity contribution in [3.8, 4) is 23.0 Å². The molecule has 1 amide bonds. The van der Waals surface area contributed by atoms with Gasteiger partial charge >= 0.3 is 0 Å². The summed E-state index contributed by atoms with van der Waals surface area (Å²) in [6.07, 6.45) is 4.13. The second kappa shape index (κ2) is 13.5. The van der Waals surface area contributed by atoms with Gasteiger partial charge in [0.05, 0.1) is 35.0 Å². The highest BCUT2D eigenvalue weighted by molar-refractivity contribution is 7.09. The summed E-state index contributed by atoms with van der Waals surface area (Å²) >= 11 is 1.54. The van der Waals surface area contributed by atoms with E-state index in [-0.39, 0.29) is 5.91 Å². The van der Waals surface area contributed by atoms with E-state index >= 15 is 0 Å². The molecule has 4 rings (SSSR count). The van der Waals surface area contributed by atoms with E-state index in [2.05, 4.69) is 11.0 Å². The summed E-state index contributed by atoms with van der Waals surface area (Å²) in [5.74, 6) is 3.00. The molecule has 1 aliphatic heterocycles. The Hall–Kier alpha value is -3.30. The number of aromatic nitrogens is 1. The number of carbonyl (C=O) groups is 1. The number of nitrogens with zero attached hydrogens (tertiary/aromatic N) is 3. The van der Waals surface area contributed by atoms with Crippen LogP contribution < -0.4 is 18.9 Å². The third-order valence-corrected chi connectivity index (χ3v) is 7.66. The first-order valence-electron chi connectivity index (χ1n) is 12.9. The predicted molar refractivity (Wildman–Crippen MR) is 149 cm³/mol. The Kier molecular flexibility index (Phi) is 9.84. The maximum absolute atomic E-state index is 13.0. The Labute approximate surface area is 229 Å². The van der Waals surface area contributed by atoms with Crippen LogP contribution in [0.5, 0.6) is 23.0 Å². The van der Waals surface area contributed by atoms with Crippen molar-refractivity contribution in [1.29, 1.82) is 0 Å². The van der Waals surface area contributed by atoms with Crippen molar-refractivity contribution in [3.63, 3.8) is 0 Å². The molecule has 9 heteroatoms. The van der Waals surface area contributed by atoms with Crippen LogP contribution in [-0.2, 0) is 19.5 Å². The second-order valence-corrected chi connectivity index (χ2v) is 10.2. The Morgan fingerprint density at radius 2 is 1.66 bits per heavy atom. The summed E-state index contributed by atoms with van der Waals surface area (Å²) in [5.41, 5.74) is 2.75. The van der Waals surface area contributed by atoms with E-state index in [1.54, 1.807) is 39.8 Å². The average Bonchev–Trinajstić information content (AvgIpc) is 3.44. The molecule has 3 aromatic rings. The zero-order valence-electron chi connectivity index (χ0n) is 22.7. The summed E-state index contributed by atoms with van der Waals surface area (Å²) in [6.45, 7) is 3.70. The predicted octanol–water partition coefficient (Wildman–Crippen LogP) is 5.05. The van der Waals surface area contributed by atoms with E-state index in [0.29, 0.717) is 30.3 Å². The van der Waals surface area contributed by atoms with Crippen molar-refractivity contribution in [2.45, 2.75) is 38.8 Å². The van der Waals surface area contributed by atoms with Gasteiger partial charge in [-0.2, -0.15) is 0 Å². The van der Waals surface area contributed by atoms with Gasteiger partial charge in [0, 0.05) is 43.2 Å². The van der Waals surface area contributed by atoms with Gasteiger partial charge in [0.15, 0.2) is 11.5 Å². The van der Waals surface area contributed by atoms with E-state index in [1.807, 2.05) is 40.6 Å².